The highest BCUT2D eigenvalue weighted by molar-refractivity contribution is 8.18. The molecule has 0 spiro atoms. The van der Waals surface area contributed by atoms with Gasteiger partial charge in [-0.1, -0.05) is 30.0 Å². The van der Waals surface area contributed by atoms with E-state index in [2.05, 4.69) is 4.99 Å². The van der Waals surface area contributed by atoms with Crippen molar-refractivity contribution < 1.29 is 24.1 Å². The number of aryl methyl sites for hydroxylation is 1. The molecule has 0 saturated heterocycles. The van der Waals surface area contributed by atoms with E-state index in [-0.39, 0.29) is 34.4 Å². The van der Waals surface area contributed by atoms with E-state index >= 15 is 0 Å². The number of nitrogens with zero attached hydrogens (tertiary/aromatic N) is 1. The smallest absolute Gasteiger partial charge is 0.344 e. The minimum atomic E-state index is -0.729. The highest BCUT2D eigenvalue weighted by atomic mass is 32.2. The molecule has 0 aliphatic carbocycles. The Morgan fingerprint density at radius 1 is 1.25 bits per heavy atom. The highest BCUT2D eigenvalue weighted by Gasteiger charge is 2.33. The zero-order valence-corrected chi connectivity index (χ0v) is 16.1. The Morgan fingerprint density at radius 2 is 2.00 bits per heavy atom. The number of hydrogen-bond acceptors (Lipinski definition) is 6. The molecule has 0 saturated carbocycles. The number of para-hydroxylation sites is 1. The number of aliphatic imine (C=N–C) groups is 1. The van der Waals surface area contributed by atoms with Gasteiger partial charge in [0, 0.05) is 0 Å². The zero-order chi connectivity index (χ0) is 20.3. The standard InChI is InChI=1S/C21H18FNO4S/c1-3-27-21(26)18-19(25)17(11-13-8-9-16(24)12(2)10-13)28-20(18)23-15-7-5-4-6-14(15)22/h4-11,24-25H,3H2,1-2H3/b17-11+,23-20?. The molecule has 2 aromatic carbocycles. The van der Waals surface area contributed by atoms with E-state index in [1.807, 2.05) is 0 Å². The van der Waals surface area contributed by atoms with Gasteiger partial charge in [-0.15, -0.1) is 0 Å². The van der Waals surface area contributed by atoms with Gasteiger partial charge in [-0.25, -0.2) is 14.2 Å². The van der Waals surface area contributed by atoms with Crippen LogP contribution >= 0.6 is 11.8 Å². The molecule has 5 nitrogen and oxygen atoms in total. The van der Waals surface area contributed by atoms with Crippen molar-refractivity contribution >= 4 is 34.5 Å². The van der Waals surface area contributed by atoms with E-state index in [9.17, 15) is 19.4 Å². The summed E-state index contributed by atoms with van der Waals surface area (Å²) in [6, 6.07) is 10.9. The van der Waals surface area contributed by atoms with Gasteiger partial charge < -0.3 is 14.9 Å². The second-order valence-electron chi connectivity index (χ2n) is 5.97. The van der Waals surface area contributed by atoms with Gasteiger partial charge in [-0.3, -0.25) is 0 Å². The topological polar surface area (TPSA) is 79.1 Å². The predicted octanol–water partition coefficient (Wildman–Crippen LogP) is 5.03. The molecule has 3 rings (SSSR count). The summed E-state index contributed by atoms with van der Waals surface area (Å²) in [5, 5.41) is 20.4. The summed E-state index contributed by atoms with van der Waals surface area (Å²) in [5.74, 6) is -1.38. The van der Waals surface area contributed by atoms with Crippen LogP contribution in [0.5, 0.6) is 5.75 Å². The lowest BCUT2D eigenvalue weighted by Gasteiger charge is -2.04. The fraction of sp³-hybridized carbons (Fsp3) is 0.143. The summed E-state index contributed by atoms with van der Waals surface area (Å²) in [6.07, 6.45) is 1.66. The first-order valence-electron chi connectivity index (χ1n) is 8.54. The second kappa shape index (κ2) is 8.31. The molecule has 7 heteroatoms. The minimum absolute atomic E-state index is 0.0568. The molecular weight excluding hydrogens is 381 g/mol. The van der Waals surface area contributed by atoms with E-state index in [1.165, 1.54) is 12.1 Å². The molecule has 0 aromatic heterocycles. The van der Waals surface area contributed by atoms with Crippen molar-refractivity contribution in [2.24, 2.45) is 4.99 Å². The van der Waals surface area contributed by atoms with Crippen LogP contribution in [0.3, 0.4) is 0 Å². The van der Waals surface area contributed by atoms with Gasteiger partial charge in [0.2, 0.25) is 0 Å². The number of ether oxygens (including phenoxy) is 1. The zero-order valence-electron chi connectivity index (χ0n) is 15.3. The van der Waals surface area contributed by atoms with Crippen LogP contribution in [0.2, 0.25) is 0 Å². The molecule has 0 radical (unpaired) electrons. The van der Waals surface area contributed by atoms with E-state index in [0.29, 0.717) is 10.5 Å². The average Bonchev–Trinajstić information content (AvgIpc) is 2.95. The first-order chi connectivity index (χ1) is 13.4. The number of aliphatic hydroxyl groups is 1. The molecule has 2 aromatic rings. The summed E-state index contributed by atoms with van der Waals surface area (Å²) in [6.45, 7) is 3.54. The second-order valence-corrected chi connectivity index (χ2v) is 7.00. The van der Waals surface area contributed by atoms with Crippen LogP contribution in [-0.2, 0) is 9.53 Å². The lowest BCUT2D eigenvalue weighted by atomic mass is 10.1. The Hall–Kier alpha value is -3.06. The first-order valence-corrected chi connectivity index (χ1v) is 9.35. The molecule has 0 atom stereocenters. The number of halogens is 1. The van der Waals surface area contributed by atoms with Gasteiger partial charge in [-0.2, -0.15) is 0 Å². The largest absolute Gasteiger partial charge is 0.508 e. The van der Waals surface area contributed by atoms with Crippen molar-refractivity contribution in [3.8, 4) is 5.75 Å². The van der Waals surface area contributed by atoms with E-state index in [0.717, 1.165) is 17.3 Å². The quantitative estimate of drug-likeness (QED) is 0.705. The van der Waals surface area contributed by atoms with Gasteiger partial charge >= 0.3 is 5.97 Å². The van der Waals surface area contributed by atoms with E-state index in [1.54, 1.807) is 50.3 Å². The molecule has 0 unspecified atom stereocenters. The maximum absolute atomic E-state index is 14.0. The number of phenols is 1. The monoisotopic (exact) mass is 399 g/mol. The number of benzene rings is 2. The van der Waals surface area contributed by atoms with Crippen molar-refractivity contribution in [3.05, 3.63) is 75.6 Å². The third kappa shape index (κ3) is 4.09. The minimum Gasteiger partial charge on any atom is -0.508 e. The van der Waals surface area contributed by atoms with Crippen molar-refractivity contribution in [1.29, 1.82) is 0 Å². The lowest BCUT2D eigenvalue weighted by molar-refractivity contribution is -0.138. The number of rotatable bonds is 4. The van der Waals surface area contributed by atoms with Gasteiger partial charge in [0.1, 0.15) is 33.6 Å². The highest BCUT2D eigenvalue weighted by Crippen LogP contribution is 2.40. The molecule has 1 aliphatic heterocycles. The molecular formula is C21H18FNO4S. The van der Waals surface area contributed by atoms with Crippen LogP contribution in [0.1, 0.15) is 18.1 Å². The fourth-order valence-electron chi connectivity index (χ4n) is 2.56. The van der Waals surface area contributed by atoms with Gasteiger partial charge in [0.05, 0.1) is 11.5 Å². The van der Waals surface area contributed by atoms with Gasteiger partial charge in [0.15, 0.2) is 0 Å². The summed E-state index contributed by atoms with van der Waals surface area (Å²) in [4.78, 5) is 16.9. The number of carbonyl (C=O) groups excluding carboxylic acids is 1. The maximum Gasteiger partial charge on any atom is 0.344 e. The van der Waals surface area contributed by atoms with Gasteiger partial charge in [0.25, 0.3) is 0 Å². The van der Waals surface area contributed by atoms with Crippen molar-refractivity contribution in [2.75, 3.05) is 6.61 Å². The number of aliphatic hydroxyl groups excluding tert-OH is 1. The van der Waals surface area contributed by atoms with E-state index in [4.69, 9.17) is 4.74 Å². The molecule has 144 valence electrons. The summed E-state index contributed by atoms with van der Waals surface area (Å²) in [5.41, 5.74) is 1.35. The predicted molar refractivity (Wildman–Crippen MR) is 108 cm³/mol. The maximum atomic E-state index is 14.0. The molecule has 1 heterocycles. The van der Waals surface area contributed by atoms with Crippen molar-refractivity contribution in [1.82, 2.24) is 0 Å². The van der Waals surface area contributed by atoms with Crippen LogP contribution in [0.25, 0.3) is 6.08 Å². The van der Waals surface area contributed by atoms with Crippen LogP contribution in [0.4, 0.5) is 10.1 Å². The summed E-state index contributed by atoms with van der Waals surface area (Å²) in [7, 11) is 0. The first kappa shape index (κ1) is 19.7. The number of thioether (sulfide) groups is 1. The number of esters is 1. The van der Waals surface area contributed by atoms with Crippen LogP contribution in [0, 0.1) is 12.7 Å². The summed E-state index contributed by atoms with van der Waals surface area (Å²) >= 11 is 1.05. The van der Waals surface area contributed by atoms with Crippen molar-refractivity contribution in [3.63, 3.8) is 0 Å². The third-order valence-electron chi connectivity index (χ3n) is 3.96. The fourth-order valence-corrected chi connectivity index (χ4v) is 3.59. The Balaban J connectivity index is 2.07. The lowest BCUT2D eigenvalue weighted by Crippen LogP contribution is -2.12. The third-order valence-corrected chi connectivity index (χ3v) is 4.98. The van der Waals surface area contributed by atoms with Crippen LogP contribution in [0.15, 0.2) is 63.7 Å². The number of phenolic OH excluding ortho intramolecular Hbond substituents is 1. The SMILES string of the molecule is CCOC(=O)C1=C(O)/C(=C\c2ccc(O)c(C)c2)SC1=Nc1ccccc1F. The Labute approximate surface area is 165 Å². The van der Waals surface area contributed by atoms with E-state index < -0.39 is 11.8 Å². The number of aromatic hydroxyl groups is 1. The van der Waals surface area contributed by atoms with Crippen LogP contribution < -0.4 is 0 Å². The molecule has 28 heavy (non-hydrogen) atoms. The molecule has 1 aliphatic rings. The Kier molecular flexibility index (Phi) is 5.84. The molecule has 0 bridgehead atoms. The average molecular weight is 399 g/mol. The molecule has 2 N–H and O–H groups in total. The summed E-state index contributed by atoms with van der Waals surface area (Å²) < 4.78 is 19.0. The van der Waals surface area contributed by atoms with Crippen molar-refractivity contribution in [2.45, 2.75) is 13.8 Å². The number of hydrogen-bond donors (Lipinski definition) is 2. The molecule has 0 fully saturated rings. The Bertz CT molecular complexity index is 1030. The Morgan fingerprint density at radius 3 is 2.68 bits per heavy atom. The van der Waals surface area contributed by atoms with Crippen LogP contribution in [-0.4, -0.2) is 27.8 Å². The van der Waals surface area contributed by atoms with Gasteiger partial charge in [-0.05, 0) is 55.3 Å². The number of carbonyl (C=O) groups is 1. The normalized spacial score (nSPS) is 16.8. The molecule has 0 amide bonds.